The molecule has 2 N–H and O–H groups in total. The Bertz CT molecular complexity index is 481. The van der Waals surface area contributed by atoms with Crippen LogP contribution >= 0.6 is 0 Å². The van der Waals surface area contributed by atoms with Crippen LogP contribution in [0, 0.1) is 0 Å². The number of nitrogens with zero attached hydrogens (tertiary/aromatic N) is 3. The van der Waals surface area contributed by atoms with E-state index >= 15 is 0 Å². The number of aliphatic hydroxyl groups is 1. The van der Waals surface area contributed by atoms with E-state index in [9.17, 15) is 0 Å². The van der Waals surface area contributed by atoms with Gasteiger partial charge in [0, 0.05) is 12.6 Å². The first-order chi connectivity index (χ1) is 9.81. The van der Waals surface area contributed by atoms with Crippen LogP contribution in [-0.4, -0.2) is 33.3 Å². The first-order valence-corrected chi connectivity index (χ1v) is 7.12. The maximum absolute atomic E-state index is 8.73. The number of aliphatic hydroxyl groups excluding tert-OH is 1. The molecule has 0 aliphatic rings. The van der Waals surface area contributed by atoms with E-state index in [1.54, 1.807) is 10.9 Å². The van der Waals surface area contributed by atoms with Crippen LogP contribution in [0.2, 0.25) is 0 Å². The quantitative estimate of drug-likeness (QED) is 0.723. The largest absolute Gasteiger partial charge is 0.396 e. The van der Waals surface area contributed by atoms with Gasteiger partial charge in [0.25, 0.3) is 0 Å². The van der Waals surface area contributed by atoms with Crippen molar-refractivity contribution < 1.29 is 5.11 Å². The standard InChI is InChI=1S/C15H22N4O/c1-13(16-9-3-2-4-12-20)14-5-7-15(8-6-14)19-11-10-17-18-19/h5-8,10-11,13,16,20H,2-4,9,12H2,1H3. The van der Waals surface area contributed by atoms with E-state index in [0.717, 1.165) is 31.5 Å². The molecule has 5 nitrogen and oxygen atoms in total. The lowest BCUT2D eigenvalue weighted by atomic mass is 10.1. The van der Waals surface area contributed by atoms with Gasteiger partial charge >= 0.3 is 0 Å². The van der Waals surface area contributed by atoms with Crippen LogP contribution in [0.25, 0.3) is 5.69 Å². The molecule has 2 aromatic rings. The second-order valence-electron chi connectivity index (χ2n) is 4.90. The zero-order chi connectivity index (χ0) is 14.2. The molecular formula is C15H22N4O. The number of aromatic nitrogens is 3. The minimum atomic E-state index is 0.291. The lowest BCUT2D eigenvalue weighted by molar-refractivity contribution is 0.282. The Morgan fingerprint density at radius 1 is 1.20 bits per heavy atom. The topological polar surface area (TPSA) is 63.0 Å². The van der Waals surface area contributed by atoms with Crippen molar-refractivity contribution in [3.05, 3.63) is 42.2 Å². The molecule has 0 aliphatic carbocycles. The molecule has 0 fully saturated rings. The highest BCUT2D eigenvalue weighted by Crippen LogP contribution is 2.15. The predicted octanol–water partition coefficient (Wildman–Crippen LogP) is 2.08. The van der Waals surface area contributed by atoms with E-state index in [4.69, 9.17) is 5.11 Å². The molecular weight excluding hydrogens is 252 g/mol. The molecule has 2 rings (SSSR count). The summed E-state index contributed by atoms with van der Waals surface area (Å²) in [4.78, 5) is 0. The van der Waals surface area contributed by atoms with Gasteiger partial charge < -0.3 is 10.4 Å². The van der Waals surface area contributed by atoms with E-state index < -0.39 is 0 Å². The highest BCUT2D eigenvalue weighted by Gasteiger charge is 2.05. The fourth-order valence-corrected chi connectivity index (χ4v) is 2.11. The van der Waals surface area contributed by atoms with Crippen molar-refractivity contribution in [1.82, 2.24) is 20.3 Å². The molecule has 1 heterocycles. The highest BCUT2D eigenvalue weighted by atomic mass is 16.2. The van der Waals surface area contributed by atoms with Crippen LogP contribution in [0.15, 0.2) is 36.7 Å². The van der Waals surface area contributed by atoms with Crippen molar-refractivity contribution in [2.24, 2.45) is 0 Å². The average molecular weight is 274 g/mol. The van der Waals surface area contributed by atoms with Gasteiger partial charge in [-0.2, -0.15) is 0 Å². The zero-order valence-electron chi connectivity index (χ0n) is 11.9. The molecule has 0 spiro atoms. The third kappa shape index (κ3) is 4.15. The summed E-state index contributed by atoms with van der Waals surface area (Å²) in [5.74, 6) is 0. The molecule has 1 aromatic carbocycles. The Morgan fingerprint density at radius 2 is 2.00 bits per heavy atom. The lowest BCUT2D eigenvalue weighted by Gasteiger charge is -2.14. The molecule has 0 radical (unpaired) electrons. The van der Waals surface area contributed by atoms with Gasteiger partial charge in [0.1, 0.15) is 0 Å². The first kappa shape index (κ1) is 14.7. The number of nitrogens with one attached hydrogen (secondary N) is 1. The normalized spacial score (nSPS) is 12.5. The van der Waals surface area contributed by atoms with Crippen molar-refractivity contribution in [3.8, 4) is 5.69 Å². The lowest BCUT2D eigenvalue weighted by Crippen LogP contribution is -2.19. The van der Waals surface area contributed by atoms with Gasteiger partial charge in [-0.15, -0.1) is 5.10 Å². The Balaban J connectivity index is 1.83. The molecule has 20 heavy (non-hydrogen) atoms. The smallest absolute Gasteiger partial charge is 0.0697 e. The number of rotatable bonds is 8. The SMILES string of the molecule is CC(NCCCCCO)c1ccc(-n2ccnn2)cc1. The Labute approximate surface area is 119 Å². The molecule has 0 aliphatic heterocycles. The summed E-state index contributed by atoms with van der Waals surface area (Å²) in [6.45, 7) is 3.43. The van der Waals surface area contributed by atoms with Crippen molar-refractivity contribution in [2.75, 3.05) is 13.2 Å². The summed E-state index contributed by atoms with van der Waals surface area (Å²) in [5.41, 5.74) is 2.28. The minimum Gasteiger partial charge on any atom is -0.396 e. The molecule has 1 atom stereocenters. The molecule has 0 bridgehead atoms. The van der Waals surface area contributed by atoms with Crippen LogP contribution < -0.4 is 5.32 Å². The van der Waals surface area contributed by atoms with Crippen LogP contribution in [0.3, 0.4) is 0 Å². The van der Waals surface area contributed by atoms with E-state index in [1.165, 1.54) is 5.56 Å². The monoisotopic (exact) mass is 274 g/mol. The van der Waals surface area contributed by atoms with Gasteiger partial charge in [-0.1, -0.05) is 17.3 Å². The fraction of sp³-hybridized carbons (Fsp3) is 0.467. The Morgan fingerprint density at radius 3 is 2.65 bits per heavy atom. The van der Waals surface area contributed by atoms with Gasteiger partial charge in [0.2, 0.25) is 0 Å². The van der Waals surface area contributed by atoms with Crippen molar-refractivity contribution in [3.63, 3.8) is 0 Å². The summed E-state index contributed by atoms with van der Waals surface area (Å²) in [6, 6.07) is 8.65. The summed E-state index contributed by atoms with van der Waals surface area (Å²) >= 11 is 0. The molecule has 0 saturated carbocycles. The van der Waals surface area contributed by atoms with Crippen molar-refractivity contribution in [2.45, 2.75) is 32.2 Å². The highest BCUT2D eigenvalue weighted by molar-refractivity contribution is 5.34. The zero-order valence-corrected chi connectivity index (χ0v) is 11.9. The molecule has 0 saturated heterocycles. The van der Waals surface area contributed by atoms with Gasteiger partial charge in [0.05, 0.1) is 18.1 Å². The minimum absolute atomic E-state index is 0.291. The van der Waals surface area contributed by atoms with Gasteiger partial charge in [-0.05, 0) is 50.4 Å². The Kier molecular flexibility index (Phi) is 5.70. The number of benzene rings is 1. The molecule has 5 heteroatoms. The van der Waals surface area contributed by atoms with Crippen molar-refractivity contribution >= 4 is 0 Å². The van der Waals surface area contributed by atoms with E-state index in [-0.39, 0.29) is 0 Å². The van der Waals surface area contributed by atoms with Crippen molar-refractivity contribution in [1.29, 1.82) is 0 Å². The van der Waals surface area contributed by atoms with Crippen LogP contribution in [0.1, 0.15) is 37.8 Å². The summed E-state index contributed by atoms with van der Waals surface area (Å²) < 4.78 is 1.75. The molecule has 1 unspecified atom stereocenters. The third-order valence-electron chi connectivity index (χ3n) is 3.37. The van der Waals surface area contributed by atoms with Crippen LogP contribution in [0.4, 0.5) is 0 Å². The maximum Gasteiger partial charge on any atom is 0.0697 e. The molecule has 0 amide bonds. The first-order valence-electron chi connectivity index (χ1n) is 7.12. The average Bonchev–Trinajstić information content (AvgIpc) is 3.01. The van der Waals surface area contributed by atoms with Gasteiger partial charge in [-0.3, -0.25) is 0 Å². The number of hydrogen-bond acceptors (Lipinski definition) is 4. The number of unbranched alkanes of at least 4 members (excludes halogenated alkanes) is 2. The predicted molar refractivity (Wildman–Crippen MR) is 78.7 cm³/mol. The summed E-state index contributed by atoms with van der Waals surface area (Å²) in [5, 5.41) is 20.0. The van der Waals surface area contributed by atoms with E-state index in [0.29, 0.717) is 12.6 Å². The molecule has 1 aromatic heterocycles. The molecule has 108 valence electrons. The number of hydrogen-bond donors (Lipinski definition) is 2. The van der Waals surface area contributed by atoms with E-state index in [2.05, 4.69) is 34.7 Å². The summed E-state index contributed by atoms with van der Waals surface area (Å²) in [6.07, 6.45) is 6.56. The van der Waals surface area contributed by atoms with Gasteiger partial charge in [0.15, 0.2) is 0 Å². The maximum atomic E-state index is 8.73. The third-order valence-corrected chi connectivity index (χ3v) is 3.37. The Hall–Kier alpha value is -1.72. The van der Waals surface area contributed by atoms with Crippen LogP contribution in [0.5, 0.6) is 0 Å². The van der Waals surface area contributed by atoms with Gasteiger partial charge in [-0.25, -0.2) is 4.68 Å². The van der Waals surface area contributed by atoms with Crippen LogP contribution in [-0.2, 0) is 0 Å². The fourth-order valence-electron chi connectivity index (χ4n) is 2.11. The van der Waals surface area contributed by atoms with E-state index in [1.807, 2.05) is 18.3 Å². The second-order valence-corrected chi connectivity index (χ2v) is 4.90. The summed E-state index contributed by atoms with van der Waals surface area (Å²) in [7, 11) is 0. The second kappa shape index (κ2) is 7.77.